The molecule has 0 aromatic carbocycles. The lowest BCUT2D eigenvalue weighted by Gasteiger charge is -2.00. The molecule has 1 rings (SSSR count). The number of carbonyl (C=O) groups is 1. The van der Waals surface area contributed by atoms with E-state index in [2.05, 4.69) is 0 Å². The lowest BCUT2D eigenvalue weighted by Crippen LogP contribution is -1.84. The van der Waals surface area contributed by atoms with Gasteiger partial charge in [0.05, 0.1) is 0 Å². The van der Waals surface area contributed by atoms with Gasteiger partial charge in [-0.2, -0.15) is 0 Å². The number of rotatable bonds is 0. The van der Waals surface area contributed by atoms with Crippen molar-refractivity contribution in [2.45, 2.75) is 64.2 Å². The van der Waals surface area contributed by atoms with E-state index in [9.17, 15) is 4.79 Å². The summed E-state index contributed by atoms with van der Waals surface area (Å²) in [6.45, 7) is 0. The van der Waals surface area contributed by atoms with Crippen molar-refractivity contribution >= 4 is 5.78 Å². The van der Waals surface area contributed by atoms with Gasteiger partial charge in [0.25, 0.3) is 0 Å². The van der Waals surface area contributed by atoms with Crippen molar-refractivity contribution in [2.75, 3.05) is 0 Å². The largest absolute Gasteiger partial charge is 0.290 e. The monoisotopic (exact) mass is 220 g/mol. The molecule has 0 aromatic heterocycles. The zero-order valence-electron chi connectivity index (χ0n) is 10.3. The molecule has 0 aliphatic heterocycles. The van der Waals surface area contributed by atoms with E-state index < -0.39 is 0 Å². The summed E-state index contributed by atoms with van der Waals surface area (Å²) < 4.78 is 0. The van der Waals surface area contributed by atoms with E-state index in [4.69, 9.17) is 0 Å². The van der Waals surface area contributed by atoms with Gasteiger partial charge in [-0.1, -0.05) is 50.7 Å². The molecule has 0 radical (unpaired) electrons. The van der Waals surface area contributed by atoms with Crippen molar-refractivity contribution in [3.8, 4) is 0 Å². The summed E-state index contributed by atoms with van der Waals surface area (Å²) in [5.74, 6) is 0.148. The van der Waals surface area contributed by atoms with Gasteiger partial charge in [0.1, 0.15) is 0 Å². The summed E-state index contributed by atoms with van der Waals surface area (Å²) in [5.41, 5.74) is 0. The number of hydrogen-bond acceptors (Lipinski definition) is 1. The van der Waals surface area contributed by atoms with Crippen LogP contribution in [0.5, 0.6) is 0 Å². The highest BCUT2D eigenvalue weighted by Gasteiger charge is 1.93. The van der Waals surface area contributed by atoms with Crippen molar-refractivity contribution in [3.05, 3.63) is 24.3 Å². The van der Waals surface area contributed by atoms with Crippen molar-refractivity contribution in [2.24, 2.45) is 0 Å². The molecular weight excluding hydrogens is 196 g/mol. The highest BCUT2D eigenvalue weighted by molar-refractivity contribution is 5.99. The number of hydrogen-bond donors (Lipinski definition) is 0. The lowest BCUT2D eigenvalue weighted by atomic mass is 10.1. The molecule has 1 aliphatic carbocycles. The molecule has 0 saturated heterocycles. The fourth-order valence-electron chi connectivity index (χ4n) is 2.04. The maximum atomic E-state index is 11.3. The Morgan fingerprint density at radius 1 is 0.625 bits per heavy atom. The van der Waals surface area contributed by atoms with E-state index >= 15 is 0 Å². The van der Waals surface area contributed by atoms with Crippen molar-refractivity contribution in [1.29, 1.82) is 0 Å². The van der Waals surface area contributed by atoms with E-state index in [1.807, 2.05) is 12.2 Å². The van der Waals surface area contributed by atoms with Gasteiger partial charge >= 0.3 is 0 Å². The van der Waals surface area contributed by atoms with Crippen LogP contribution < -0.4 is 0 Å². The van der Waals surface area contributed by atoms with Crippen LogP contribution in [0, 0.1) is 0 Å². The first kappa shape index (κ1) is 13.2. The molecule has 0 N–H and O–H groups in total. The molecule has 1 heteroatoms. The van der Waals surface area contributed by atoms with Gasteiger partial charge in [0.2, 0.25) is 0 Å². The molecule has 0 aromatic rings. The Morgan fingerprint density at radius 3 is 1.44 bits per heavy atom. The average molecular weight is 220 g/mol. The van der Waals surface area contributed by atoms with Crippen LogP contribution in [-0.4, -0.2) is 5.78 Å². The van der Waals surface area contributed by atoms with Crippen LogP contribution in [0.4, 0.5) is 0 Å². The van der Waals surface area contributed by atoms with Gasteiger partial charge in [-0.15, -0.1) is 0 Å². The first-order chi connectivity index (χ1) is 7.89. The standard InChI is InChI=1S/C15H24O/c16-15-13-11-9-7-5-3-1-2-4-6-8-10-12-14-15/h11-14H,1-10H2/b13-11+,14-12?. The molecular formula is C15H24O. The Labute approximate surface area is 99.6 Å². The zero-order chi connectivity index (χ0) is 11.5. The van der Waals surface area contributed by atoms with E-state index in [-0.39, 0.29) is 5.78 Å². The number of ketones is 1. The number of carbonyl (C=O) groups excluding carboxylic acids is 1. The minimum atomic E-state index is 0.148. The molecule has 0 spiro atoms. The Morgan fingerprint density at radius 2 is 1.00 bits per heavy atom. The fraction of sp³-hybridized carbons (Fsp3) is 0.667. The minimum Gasteiger partial charge on any atom is -0.290 e. The molecule has 0 saturated carbocycles. The van der Waals surface area contributed by atoms with Crippen LogP contribution in [0.15, 0.2) is 24.3 Å². The van der Waals surface area contributed by atoms with Gasteiger partial charge in [-0.3, -0.25) is 4.79 Å². The van der Waals surface area contributed by atoms with Crippen LogP contribution in [0.3, 0.4) is 0 Å². The summed E-state index contributed by atoms with van der Waals surface area (Å²) in [5, 5.41) is 0. The SMILES string of the molecule is O=C1C=CCCCCCCCCCC/C=C/1. The summed E-state index contributed by atoms with van der Waals surface area (Å²) >= 11 is 0. The molecule has 1 nitrogen and oxygen atoms in total. The van der Waals surface area contributed by atoms with Crippen molar-refractivity contribution in [3.63, 3.8) is 0 Å². The molecule has 0 amide bonds. The molecule has 0 atom stereocenters. The van der Waals surface area contributed by atoms with Gasteiger partial charge in [0.15, 0.2) is 5.78 Å². The second kappa shape index (κ2) is 9.38. The molecule has 90 valence electrons. The summed E-state index contributed by atoms with van der Waals surface area (Å²) in [4.78, 5) is 11.3. The summed E-state index contributed by atoms with van der Waals surface area (Å²) in [6, 6.07) is 0. The van der Waals surface area contributed by atoms with E-state index in [1.54, 1.807) is 12.2 Å². The van der Waals surface area contributed by atoms with Gasteiger partial charge in [-0.05, 0) is 37.8 Å². The highest BCUT2D eigenvalue weighted by Crippen LogP contribution is 2.11. The summed E-state index contributed by atoms with van der Waals surface area (Å²) in [7, 11) is 0. The third-order valence-corrected chi connectivity index (χ3v) is 3.06. The Balaban J connectivity index is 2.30. The number of allylic oxidation sites excluding steroid dienone is 4. The van der Waals surface area contributed by atoms with Crippen molar-refractivity contribution in [1.82, 2.24) is 0 Å². The molecule has 0 fully saturated rings. The third-order valence-electron chi connectivity index (χ3n) is 3.06. The second-order valence-electron chi connectivity index (χ2n) is 4.61. The molecule has 0 heterocycles. The maximum absolute atomic E-state index is 11.3. The normalized spacial score (nSPS) is 23.4. The molecule has 0 bridgehead atoms. The first-order valence-electron chi connectivity index (χ1n) is 6.76. The van der Waals surface area contributed by atoms with E-state index in [0.29, 0.717) is 0 Å². The molecule has 0 unspecified atom stereocenters. The summed E-state index contributed by atoms with van der Waals surface area (Å²) in [6.07, 6.45) is 20.2. The Hall–Kier alpha value is -0.850. The minimum absolute atomic E-state index is 0.148. The van der Waals surface area contributed by atoms with Crippen LogP contribution in [0.1, 0.15) is 64.2 Å². The average Bonchev–Trinajstić information content (AvgIpc) is 2.29. The predicted molar refractivity (Wildman–Crippen MR) is 69.5 cm³/mol. The van der Waals surface area contributed by atoms with Gasteiger partial charge in [-0.25, -0.2) is 0 Å². The fourth-order valence-corrected chi connectivity index (χ4v) is 2.04. The van der Waals surface area contributed by atoms with E-state index in [0.717, 1.165) is 12.8 Å². The highest BCUT2D eigenvalue weighted by atomic mass is 16.1. The second-order valence-corrected chi connectivity index (χ2v) is 4.61. The lowest BCUT2D eigenvalue weighted by molar-refractivity contribution is -0.110. The van der Waals surface area contributed by atoms with Crippen molar-refractivity contribution < 1.29 is 4.79 Å². The van der Waals surface area contributed by atoms with E-state index in [1.165, 1.54) is 51.4 Å². The predicted octanol–water partition coefficient (Wildman–Crippen LogP) is 4.58. The smallest absolute Gasteiger partial charge is 0.177 e. The molecule has 16 heavy (non-hydrogen) atoms. The Bertz CT molecular complexity index is 214. The third kappa shape index (κ3) is 7.44. The maximum Gasteiger partial charge on any atom is 0.177 e. The van der Waals surface area contributed by atoms with Crippen LogP contribution in [-0.2, 0) is 4.79 Å². The van der Waals surface area contributed by atoms with Crippen LogP contribution in [0.2, 0.25) is 0 Å². The van der Waals surface area contributed by atoms with Gasteiger partial charge in [0, 0.05) is 0 Å². The zero-order valence-corrected chi connectivity index (χ0v) is 10.3. The topological polar surface area (TPSA) is 17.1 Å². The Kier molecular flexibility index (Phi) is 7.75. The van der Waals surface area contributed by atoms with Gasteiger partial charge < -0.3 is 0 Å². The quantitative estimate of drug-likeness (QED) is 0.584. The molecule has 1 aliphatic rings. The van der Waals surface area contributed by atoms with Crippen LogP contribution in [0.25, 0.3) is 0 Å². The first-order valence-corrected chi connectivity index (χ1v) is 6.76. The van der Waals surface area contributed by atoms with Crippen LogP contribution >= 0.6 is 0 Å².